The van der Waals surface area contributed by atoms with E-state index in [1.807, 2.05) is 48.0 Å². The molecule has 53 heavy (non-hydrogen) atoms. The molecule has 2 aromatic carbocycles. The van der Waals surface area contributed by atoms with Crippen LogP contribution in [0.3, 0.4) is 0 Å². The summed E-state index contributed by atoms with van der Waals surface area (Å²) in [5.41, 5.74) is 2.11. The highest BCUT2D eigenvalue weighted by Gasteiger charge is 2.29. The number of carbonyl (C=O) groups is 1. The minimum atomic E-state index is -0.589. The van der Waals surface area contributed by atoms with Crippen molar-refractivity contribution in [2.24, 2.45) is 0 Å². The number of unbranched alkanes of at least 4 members (excludes halogenated alkanes) is 18. The van der Waals surface area contributed by atoms with Gasteiger partial charge in [-0.15, -0.1) is 10.2 Å². The number of carbonyl (C=O) groups excluding carboxylic acids is 1. The molecule has 0 amide bonds. The molecule has 0 spiro atoms. The number of ether oxygens (including phenoxy) is 1. The molecule has 0 aliphatic carbocycles. The molecule has 10 heteroatoms. The highest BCUT2D eigenvalue weighted by atomic mass is 16.5. The van der Waals surface area contributed by atoms with E-state index < -0.39 is 5.92 Å². The minimum absolute atomic E-state index is 0.308. The summed E-state index contributed by atoms with van der Waals surface area (Å²) >= 11 is 0. The Kier molecular flexibility index (Phi) is 23.4. The average molecular weight is 729 g/mol. The van der Waals surface area contributed by atoms with Crippen molar-refractivity contribution in [1.82, 2.24) is 40.4 Å². The molecular formula is C43H68N8O2. The summed E-state index contributed by atoms with van der Waals surface area (Å²) < 4.78 is 9.03. The Morgan fingerprint density at radius 1 is 0.566 bits per heavy atom. The van der Waals surface area contributed by atoms with Crippen molar-refractivity contribution in [3.63, 3.8) is 0 Å². The lowest BCUT2D eigenvalue weighted by Crippen LogP contribution is -2.22. The second kappa shape index (κ2) is 28.5. The maximum atomic E-state index is 12.6. The van der Waals surface area contributed by atoms with Crippen LogP contribution >= 0.6 is 0 Å². The van der Waals surface area contributed by atoms with E-state index >= 15 is 0 Å². The lowest BCUT2D eigenvalue weighted by atomic mass is 9.98. The molecule has 0 aliphatic rings. The molecule has 1 atom stereocenters. The molecule has 0 radical (unpaired) electrons. The molecule has 4 aromatic rings. The SMILES string of the molecule is CCCCCCCCCCCCn1nnnc1C(C(=O)OCC)c1ccccc1.CCCCCCCCCCCCn1nnnc1Cc1ccccc1. The molecule has 0 fully saturated rings. The fraction of sp³-hybridized carbons (Fsp3) is 0.651. The maximum absolute atomic E-state index is 12.6. The van der Waals surface area contributed by atoms with Crippen LogP contribution in [0.25, 0.3) is 0 Å². The number of tetrazole rings is 2. The first-order chi connectivity index (χ1) is 26.2. The summed E-state index contributed by atoms with van der Waals surface area (Å²) in [6, 6.07) is 20.0. The number of aryl methyl sites for hydroxylation is 2. The highest BCUT2D eigenvalue weighted by molar-refractivity contribution is 5.81. The molecule has 0 saturated carbocycles. The second-order valence-electron chi connectivity index (χ2n) is 14.2. The zero-order valence-electron chi connectivity index (χ0n) is 33.2. The van der Waals surface area contributed by atoms with E-state index in [2.05, 4.69) is 69.2 Å². The third-order valence-electron chi connectivity index (χ3n) is 9.73. The zero-order valence-corrected chi connectivity index (χ0v) is 33.2. The van der Waals surface area contributed by atoms with Gasteiger partial charge in [-0.05, 0) is 51.7 Å². The van der Waals surface area contributed by atoms with Crippen LogP contribution in [0.15, 0.2) is 60.7 Å². The van der Waals surface area contributed by atoms with Gasteiger partial charge in [0.1, 0.15) is 5.92 Å². The van der Waals surface area contributed by atoms with Crippen LogP contribution in [0.5, 0.6) is 0 Å². The van der Waals surface area contributed by atoms with Crippen LogP contribution in [0, 0.1) is 0 Å². The van der Waals surface area contributed by atoms with Crippen molar-refractivity contribution in [2.75, 3.05) is 6.61 Å². The molecule has 292 valence electrons. The minimum Gasteiger partial charge on any atom is -0.465 e. The van der Waals surface area contributed by atoms with E-state index in [-0.39, 0.29) is 5.97 Å². The van der Waals surface area contributed by atoms with E-state index in [0.717, 1.165) is 43.7 Å². The number of benzene rings is 2. The van der Waals surface area contributed by atoms with Crippen LogP contribution in [-0.4, -0.2) is 53.0 Å². The predicted octanol–water partition coefficient (Wildman–Crippen LogP) is 10.5. The van der Waals surface area contributed by atoms with Crippen LogP contribution in [0.2, 0.25) is 0 Å². The number of hydrogen-bond acceptors (Lipinski definition) is 8. The first-order valence-electron chi connectivity index (χ1n) is 20.9. The number of hydrogen-bond donors (Lipinski definition) is 0. The van der Waals surface area contributed by atoms with Gasteiger partial charge in [0.15, 0.2) is 11.6 Å². The van der Waals surface area contributed by atoms with Gasteiger partial charge in [-0.2, -0.15) is 0 Å². The smallest absolute Gasteiger partial charge is 0.321 e. The molecular weight excluding hydrogens is 661 g/mol. The Balaban J connectivity index is 0.000000290. The summed E-state index contributed by atoms with van der Waals surface area (Å²) in [7, 11) is 0. The van der Waals surface area contributed by atoms with Gasteiger partial charge in [-0.3, -0.25) is 4.79 Å². The normalized spacial score (nSPS) is 11.6. The Labute approximate surface area is 319 Å². The largest absolute Gasteiger partial charge is 0.465 e. The molecule has 1 unspecified atom stereocenters. The number of aromatic nitrogens is 8. The number of nitrogens with zero attached hydrogens (tertiary/aromatic N) is 8. The zero-order chi connectivity index (χ0) is 37.6. The van der Waals surface area contributed by atoms with Crippen LogP contribution in [-0.2, 0) is 29.0 Å². The van der Waals surface area contributed by atoms with Gasteiger partial charge in [-0.25, -0.2) is 9.36 Å². The Bertz CT molecular complexity index is 1440. The van der Waals surface area contributed by atoms with Gasteiger partial charge >= 0.3 is 5.97 Å². The van der Waals surface area contributed by atoms with Crippen LogP contribution < -0.4 is 0 Å². The van der Waals surface area contributed by atoms with Crippen LogP contribution in [0.4, 0.5) is 0 Å². The monoisotopic (exact) mass is 729 g/mol. The lowest BCUT2D eigenvalue weighted by Gasteiger charge is -2.15. The van der Waals surface area contributed by atoms with Gasteiger partial charge in [0.25, 0.3) is 0 Å². The third kappa shape index (κ3) is 18.1. The first kappa shape index (κ1) is 43.5. The van der Waals surface area contributed by atoms with E-state index in [4.69, 9.17) is 4.74 Å². The Hall–Kier alpha value is -3.95. The van der Waals surface area contributed by atoms with Crippen LogP contribution in [0.1, 0.15) is 178 Å². The molecule has 4 rings (SSSR count). The summed E-state index contributed by atoms with van der Waals surface area (Å²) in [5.74, 6) is 0.634. The Morgan fingerprint density at radius 2 is 1.02 bits per heavy atom. The highest BCUT2D eigenvalue weighted by Crippen LogP contribution is 2.24. The molecule has 0 aliphatic heterocycles. The standard InChI is InChI=1S/C23H36N4O2.C20H32N4/c1-3-5-6-7-8-9-10-11-12-16-19-27-22(24-25-26-27)21(23(28)29-4-2)20-17-14-13-15-18-20;1-2-3-4-5-6-7-8-9-10-14-17-24-20(21-22-23-24)18-19-15-12-11-13-16-19/h13-15,17-18,21H,3-12,16,19H2,1-2H3;11-13,15-16H,2-10,14,17-18H2,1H3. The van der Waals surface area contributed by atoms with Crippen molar-refractivity contribution in [1.29, 1.82) is 0 Å². The molecule has 2 heterocycles. The fourth-order valence-electron chi connectivity index (χ4n) is 6.64. The maximum Gasteiger partial charge on any atom is 0.321 e. The van der Waals surface area contributed by atoms with Crippen molar-refractivity contribution in [3.05, 3.63) is 83.4 Å². The van der Waals surface area contributed by atoms with E-state index in [9.17, 15) is 4.79 Å². The number of rotatable bonds is 28. The average Bonchev–Trinajstić information content (AvgIpc) is 3.83. The predicted molar refractivity (Wildman–Crippen MR) is 213 cm³/mol. The summed E-state index contributed by atoms with van der Waals surface area (Å²) in [6.45, 7) is 8.34. The molecule has 0 saturated heterocycles. The van der Waals surface area contributed by atoms with Gasteiger partial charge < -0.3 is 4.74 Å². The fourth-order valence-corrected chi connectivity index (χ4v) is 6.64. The quantitative estimate of drug-likeness (QED) is 0.0419. The molecule has 0 bridgehead atoms. The summed E-state index contributed by atoms with van der Waals surface area (Å²) in [6.07, 6.45) is 27.2. The van der Waals surface area contributed by atoms with Crippen molar-refractivity contribution >= 4 is 5.97 Å². The van der Waals surface area contributed by atoms with Gasteiger partial charge in [-0.1, -0.05) is 190 Å². The van der Waals surface area contributed by atoms with Gasteiger partial charge in [0.05, 0.1) is 6.61 Å². The third-order valence-corrected chi connectivity index (χ3v) is 9.73. The molecule has 2 aromatic heterocycles. The van der Waals surface area contributed by atoms with Gasteiger partial charge in [0, 0.05) is 19.5 Å². The topological polar surface area (TPSA) is 114 Å². The summed E-state index contributed by atoms with van der Waals surface area (Å²) in [5, 5.41) is 24.3. The molecule has 10 nitrogen and oxygen atoms in total. The number of esters is 1. The van der Waals surface area contributed by atoms with Crippen molar-refractivity contribution < 1.29 is 9.53 Å². The van der Waals surface area contributed by atoms with E-state index in [0.29, 0.717) is 12.4 Å². The first-order valence-corrected chi connectivity index (χ1v) is 20.9. The Morgan fingerprint density at radius 3 is 1.55 bits per heavy atom. The van der Waals surface area contributed by atoms with Crippen molar-refractivity contribution in [3.8, 4) is 0 Å². The van der Waals surface area contributed by atoms with Gasteiger partial charge in [0.2, 0.25) is 0 Å². The van der Waals surface area contributed by atoms with Crippen molar-refractivity contribution in [2.45, 2.75) is 175 Å². The second-order valence-corrected chi connectivity index (χ2v) is 14.2. The van der Waals surface area contributed by atoms with E-state index in [1.165, 1.54) is 121 Å². The lowest BCUT2D eigenvalue weighted by molar-refractivity contribution is -0.144. The van der Waals surface area contributed by atoms with E-state index in [1.54, 1.807) is 4.68 Å². The molecule has 0 N–H and O–H groups in total. The summed E-state index contributed by atoms with van der Waals surface area (Å²) in [4.78, 5) is 12.6.